The number of nitrogens with one attached hydrogen (secondary N) is 1. The molecule has 0 radical (unpaired) electrons. The van der Waals surface area contributed by atoms with Crippen LogP contribution in [-0.2, 0) is 4.74 Å². The summed E-state index contributed by atoms with van der Waals surface area (Å²) in [5.74, 6) is 1.29. The number of piperidine rings is 1. The molecule has 2 aliphatic rings. The van der Waals surface area contributed by atoms with Crippen LogP contribution in [0.15, 0.2) is 0 Å². The quantitative estimate of drug-likeness (QED) is 0.809. The van der Waals surface area contributed by atoms with E-state index in [1.807, 2.05) is 0 Å². The van der Waals surface area contributed by atoms with Crippen molar-refractivity contribution in [1.82, 2.24) is 10.2 Å². The molecule has 2 aliphatic heterocycles. The third kappa shape index (κ3) is 4.78. The largest absolute Gasteiger partial charge is 0.376 e. The van der Waals surface area contributed by atoms with Gasteiger partial charge in [0.1, 0.15) is 0 Å². The van der Waals surface area contributed by atoms with Gasteiger partial charge in [-0.1, -0.05) is 6.92 Å². The van der Waals surface area contributed by atoms with E-state index >= 15 is 0 Å². The normalized spacial score (nSPS) is 28.4. The van der Waals surface area contributed by atoms with E-state index in [-0.39, 0.29) is 0 Å². The van der Waals surface area contributed by atoms with Crippen LogP contribution in [0.5, 0.6) is 0 Å². The van der Waals surface area contributed by atoms with E-state index < -0.39 is 0 Å². The van der Waals surface area contributed by atoms with E-state index in [1.54, 1.807) is 0 Å². The Labute approximate surface area is 110 Å². The Kier molecular flexibility index (Phi) is 6.12. The molecule has 1 unspecified atom stereocenters. The molecule has 0 aromatic rings. The molecule has 4 heteroatoms. The van der Waals surface area contributed by atoms with Gasteiger partial charge in [-0.05, 0) is 32.4 Å². The Balaban J connectivity index is 1.57. The van der Waals surface area contributed by atoms with E-state index in [0.29, 0.717) is 6.10 Å². The van der Waals surface area contributed by atoms with Gasteiger partial charge in [-0.3, -0.25) is 4.90 Å². The van der Waals surface area contributed by atoms with Gasteiger partial charge in [-0.25, -0.2) is 0 Å². The maximum absolute atomic E-state index is 5.70. The summed E-state index contributed by atoms with van der Waals surface area (Å²) in [5, 5.41) is 4.33. The molecule has 3 nitrogen and oxygen atoms in total. The van der Waals surface area contributed by atoms with Gasteiger partial charge < -0.3 is 10.1 Å². The van der Waals surface area contributed by atoms with E-state index in [0.717, 1.165) is 31.4 Å². The molecule has 1 atom stereocenters. The number of rotatable bonds is 5. The summed E-state index contributed by atoms with van der Waals surface area (Å²) in [6.07, 6.45) is 4.34. The van der Waals surface area contributed by atoms with Gasteiger partial charge in [0.05, 0.1) is 12.7 Å². The topological polar surface area (TPSA) is 24.5 Å². The number of hydrogen-bond acceptors (Lipinski definition) is 4. The molecule has 0 aromatic heterocycles. The zero-order valence-corrected chi connectivity index (χ0v) is 11.8. The van der Waals surface area contributed by atoms with Crippen molar-refractivity contribution in [3.63, 3.8) is 0 Å². The predicted octanol–water partition coefficient (Wildman–Crippen LogP) is 1.58. The molecular weight excluding hydrogens is 232 g/mol. The van der Waals surface area contributed by atoms with Crippen LogP contribution in [-0.4, -0.2) is 61.3 Å². The maximum Gasteiger partial charge on any atom is 0.0700 e. The zero-order chi connectivity index (χ0) is 11.9. The lowest BCUT2D eigenvalue weighted by Crippen LogP contribution is -2.43. The molecule has 2 fully saturated rings. The van der Waals surface area contributed by atoms with Crippen LogP contribution in [0.4, 0.5) is 0 Å². The minimum absolute atomic E-state index is 0.479. The molecule has 0 aliphatic carbocycles. The molecule has 2 saturated heterocycles. The first-order valence-electron chi connectivity index (χ1n) is 7.04. The van der Waals surface area contributed by atoms with Crippen molar-refractivity contribution in [2.45, 2.75) is 37.5 Å². The van der Waals surface area contributed by atoms with Crippen LogP contribution in [0.1, 0.15) is 26.2 Å². The highest BCUT2D eigenvalue weighted by Crippen LogP contribution is 2.20. The van der Waals surface area contributed by atoms with Crippen molar-refractivity contribution in [3.05, 3.63) is 0 Å². The van der Waals surface area contributed by atoms with Crippen LogP contribution in [0.25, 0.3) is 0 Å². The lowest BCUT2D eigenvalue weighted by molar-refractivity contribution is -0.0274. The van der Waals surface area contributed by atoms with Crippen molar-refractivity contribution in [2.24, 2.45) is 0 Å². The predicted molar refractivity (Wildman–Crippen MR) is 74.8 cm³/mol. The molecule has 2 rings (SSSR count). The second-order valence-electron chi connectivity index (χ2n) is 5.02. The third-order valence-electron chi connectivity index (χ3n) is 3.73. The first-order chi connectivity index (χ1) is 8.38. The Hall–Kier alpha value is 0.230. The van der Waals surface area contributed by atoms with E-state index in [4.69, 9.17) is 4.74 Å². The Bertz CT molecular complexity index is 210. The van der Waals surface area contributed by atoms with E-state index in [1.165, 1.54) is 38.2 Å². The van der Waals surface area contributed by atoms with Crippen molar-refractivity contribution < 1.29 is 4.74 Å². The highest BCUT2D eigenvalue weighted by Gasteiger charge is 2.19. The number of nitrogens with zero attached hydrogens (tertiary/aromatic N) is 1. The van der Waals surface area contributed by atoms with Gasteiger partial charge in [0.25, 0.3) is 0 Å². The average Bonchev–Trinajstić information content (AvgIpc) is 2.40. The fourth-order valence-corrected chi connectivity index (χ4v) is 3.81. The summed E-state index contributed by atoms with van der Waals surface area (Å²) in [7, 11) is 0. The number of morpholine rings is 1. The first-order valence-corrected chi connectivity index (χ1v) is 8.09. The third-order valence-corrected chi connectivity index (χ3v) is 5.09. The summed E-state index contributed by atoms with van der Waals surface area (Å²) >= 11 is 2.18. The minimum atomic E-state index is 0.479. The second-order valence-corrected chi connectivity index (χ2v) is 6.43. The average molecular weight is 258 g/mol. The van der Waals surface area contributed by atoms with Gasteiger partial charge >= 0.3 is 0 Å². The monoisotopic (exact) mass is 258 g/mol. The highest BCUT2D eigenvalue weighted by atomic mass is 32.2. The number of thioether (sulfide) groups is 1. The van der Waals surface area contributed by atoms with Gasteiger partial charge in [0.15, 0.2) is 0 Å². The molecule has 1 N–H and O–H groups in total. The second kappa shape index (κ2) is 7.62. The van der Waals surface area contributed by atoms with E-state index in [2.05, 4.69) is 28.9 Å². The maximum atomic E-state index is 5.70. The summed E-state index contributed by atoms with van der Waals surface area (Å²) in [5.41, 5.74) is 0. The summed E-state index contributed by atoms with van der Waals surface area (Å²) in [6, 6.07) is 0. The zero-order valence-electron chi connectivity index (χ0n) is 11.0. The lowest BCUT2D eigenvalue weighted by Gasteiger charge is -2.32. The minimum Gasteiger partial charge on any atom is -0.376 e. The van der Waals surface area contributed by atoms with Gasteiger partial charge in [0.2, 0.25) is 0 Å². The van der Waals surface area contributed by atoms with Crippen LogP contribution in [0.3, 0.4) is 0 Å². The lowest BCUT2D eigenvalue weighted by atomic mass is 10.2. The Morgan fingerprint density at radius 1 is 1.35 bits per heavy atom. The summed E-state index contributed by atoms with van der Waals surface area (Å²) in [4.78, 5) is 2.58. The van der Waals surface area contributed by atoms with Crippen molar-refractivity contribution in [1.29, 1.82) is 0 Å². The van der Waals surface area contributed by atoms with Crippen molar-refractivity contribution in [3.8, 4) is 0 Å². The van der Waals surface area contributed by atoms with Crippen LogP contribution < -0.4 is 5.32 Å². The SMILES string of the molecule is CCC1CN(CCSC2CCNCC2)CCO1. The Morgan fingerprint density at radius 3 is 2.94 bits per heavy atom. The van der Waals surface area contributed by atoms with Crippen molar-refractivity contribution in [2.75, 3.05) is 45.1 Å². The molecule has 0 saturated carbocycles. The molecule has 100 valence electrons. The molecule has 2 heterocycles. The molecule has 0 amide bonds. The summed E-state index contributed by atoms with van der Waals surface area (Å²) < 4.78 is 5.70. The number of hydrogen-bond donors (Lipinski definition) is 1. The van der Waals surface area contributed by atoms with Crippen LogP contribution in [0.2, 0.25) is 0 Å². The molecule has 17 heavy (non-hydrogen) atoms. The van der Waals surface area contributed by atoms with Gasteiger partial charge in [-0.2, -0.15) is 11.8 Å². The molecule has 0 spiro atoms. The molecule has 0 bridgehead atoms. The number of ether oxygens (including phenoxy) is 1. The van der Waals surface area contributed by atoms with Crippen LogP contribution in [0, 0.1) is 0 Å². The molecular formula is C13H26N2OS. The fraction of sp³-hybridized carbons (Fsp3) is 1.00. The fourth-order valence-electron chi connectivity index (χ4n) is 2.54. The van der Waals surface area contributed by atoms with Gasteiger partial charge in [-0.15, -0.1) is 0 Å². The highest BCUT2D eigenvalue weighted by molar-refractivity contribution is 7.99. The van der Waals surface area contributed by atoms with Crippen molar-refractivity contribution >= 4 is 11.8 Å². The standard InChI is InChI=1S/C13H26N2OS/c1-2-12-11-15(7-9-16-12)8-10-17-13-3-5-14-6-4-13/h12-14H,2-11H2,1H3. The molecule has 0 aromatic carbocycles. The smallest absolute Gasteiger partial charge is 0.0700 e. The van der Waals surface area contributed by atoms with Gasteiger partial charge in [0, 0.05) is 30.6 Å². The first kappa shape index (κ1) is 13.7. The van der Waals surface area contributed by atoms with Crippen LogP contribution >= 0.6 is 11.8 Å². The Morgan fingerprint density at radius 2 is 2.18 bits per heavy atom. The van der Waals surface area contributed by atoms with E-state index in [9.17, 15) is 0 Å². The summed E-state index contributed by atoms with van der Waals surface area (Å²) in [6.45, 7) is 9.09.